The molecular weight excluding hydrogens is 374 g/mol. The predicted molar refractivity (Wildman–Crippen MR) is 116 cm³/mol. The van der Waals surface area contributed by atoms with E-state index < -0.39 is 5.54 Å². The van der Waals surface area contributed by atoms with Crippen LogP contribution in [0.15, 0.2) is 53.4 Å². The Kier molecular flexibility index (Phi) is 7.04. The van der Waals surface area contributed by atoms with Gasteiger partial charge in [-0.3, -0.25) is 9.69 Å². The average molecular weight is 402 g/mol. The fourth-order valence-electron chi connectivity index (χ4n) is 3.23. The minimum atomic E-state index is -0.507. The number of ether oxygens (including phenoxy) is 1. The van der Waals surface area contributed by atoms with Crippen molar-refractivity contribution in [2.24, 2.45) is 0 Å². The molecule has 27 heavy (non-hydrogen) atoms. The van der Waals surface area contributed by atoms with Crippen molar-refractivity contribution in [3.8, 4) is 0 Å². The smallest absolute Gasteiger partial charge is 0.182 e. The van der Waals surface area contributed by atoms with E-state index in [0.717, 1.165) is 30.2 Å². The Morgan fingerprint density at radius 1 is 1.04 bits per heavy atom. The van der Waals surface area contributed by atoms with Crippen LogP contribution in [-0.2, 0) is 16.2 Å². The molecule has 0 aromatic heterocycles. The number of carbonyl (C=O) groups is 1. The average Bonchev–Trinajstić information content (AvgIpc) is 2.73. The molecule has 144 valence electrons. The van der Waals surface area contributed by atoms with Crippen molar-refractivity contribution >= 4 is 30.2 Å². The quantitative estimate of drug-likeness (QED) is 0.414. The zero-order chi connectivity index (χ0) is 19.3. The number of benzene rings is 2. The number of thioether (sulfide) groups is 1. The van der Waals surface area contributed by atoms with Crippen LogP contribution < -0.4 is 0 Å². The summed E-state index contributed by atoms with van der Waals surface area (Å²) >= 11 is 6.08. The van der Waals surface area contributed by atoms with Gasteiger partial charge in [0.2, 0.25) is 0 Å². The molecule has 0 radical (unpaired) electrons. The van der Waals surface area contributed by atoms with Crippen molar-refractivity contribution in [1.82, 2.24) is 4.90 Å². The molecule has 1 aliphatic rings. The van der Waals surface area contributed by atoms with Crippen LogP contribution in [-0.4, -0.2) is 42.5 Å². The lowest BCUT2D eigenvalue weighted by molar-refractivity contribution is -0.00430. The monoisotopic (exact) mass is 401 g/mol. The Labute approximate surface area is 171 Å². The van der Waals surface area contributed by atoms with Gasteiger partial charge in [-0.15, -0.1) is 11.8 Å². The van der Waals surface area contributed by atoms with Gasteiger partial charge in [0.05, 0.1) is 18.8 Å². The van der Waals surface area contributed by atoms with Crippen LogP contribution in [0.2, 0.25) is 0 Å². The highest BCUT2D eigenvalue weighted by Crippen LogP contribution is 2.26. The van der Waals surface area contributed by atoms with Gasteiger partial charge in [-0.25, -0.2) is 0 Å². The van der Waals surface area contributed by atoms with Gasteiger partial charge in [0.15, 0.2) is 5.78 Å². The highest BCUT2D eigenvalue weighted by molar-refractivity contribution is 7.98. The van der Waals surface area contributed by atoms with E-state index in [1.165, 1.54) is 16.0 Å². The summed E-state index contributed by atoms with van der Waals surface area (Å²) in [5.74, 6) is 1.85. The van der Waals surface area contributed by atoms with E-state index >= 15 is 0 Å². The molecule has 2 aromatic carbocycles. The number of thiol groups is 1. The number of rotatable bonds is 7. The van der Waals surface area contributed by atoms with Gasteiger partial charge in [0.25, 0.3) is 0 Å². The van der Waals surface area contributed by atoms with Crippen molar-refractivity contribution in [2.75, 3.05) is 26.3 Å². The molecule has 0 spiro atoms. The van der Waals surface area contributed by atoms with Gasteiger partial charge in [0, 0.05) is 35.1 Å². The second kappa shape index (κ2) is 9.28. The lowest BCUT2D eigenvalue weighted by Crippen LogP contribution is -2.54. The van der Waals surface area contributed by atoms with Crippen LogP contribution in [0.25, 0.3) is 0 Å². The summed E-state index contributed by atoms with van der Waals surface area (Å²) in [7, 11) is 0. The SMILES string of the molecule is CC(C)(C(=O)c1ccc(SCc2ccc(CS)cc2)cc1)N1CCOCC1. The number of hydrogen-bond donors (Lipinski definition) is 1. The maximum atomic E-state index is 13.0. The Morgan fingerprint density at radius 2 is 1.63 bits per heavy atom. The summed E-state index contributed by atoms with van der Waals surface area (Å²) in [5.41, 5.74) is 2.79. The summed E-state index contributed by atoms with van der Waals surface area (Å²) < 4.78 is 5.41. The fraction of sp³-hybridized carbons (Fsp3) is 0.409. The predicted octanol–water partition coefficient (Wildman–Crippen LogP) is 4.70. The zero-order valence-corrected chi connectivity index (χ0v) is 17.7. The number of Topliss-reactive ketones (excluding diaryl/α,β-unsaturated/α-hetero) is 1. The minimum absolute atomic E-state index is 0.170. The molecule has 3 rings (SSSR count). The molecule has 1 saturated heterocycles. The molecule has 0 aliphatic carbocycles. The molecular formula is C22H27NO2S2. The molecule has 1 fully saturated rings. The van der Waals surface area contributed by atoms with E-state index in [-0.39, 0.29) is 5.78 Å². The Balaban J connectivity index is 1.61. The molecule has 0 amide bonds. The highest BCUT2D eigenvalue weighted by Gasteiger charge is 2.35. The number of hydrogen-bond acceptors (Lipinski definition) is 5. The third-order valence-electron chi connectivity index (χ3n) is 5.08. The summed E-state index contributed by atoms with van der Waals surface area (Å²) in [5, 5.41) is 0. The molecule has 5 heteroatoms. The second-order valence-corrected chi connectivity index (χ2v) is 8.64. The number of morpholine rings is 1. The first-order chi connectivity index (χ1) is 13.0. The van der Waals surface area contributed by atoms with Crippen molar-refractivity contribution in [2.45, 2.75) is 35.8 Å². The number of nitrogens with zero attached hydrogens (tertiary/aromatic N) is 1. The van der Waals surface area contributed by atoms with Gasteiger partial charge in [-0.2, -0.15) is 12.6 Å². The lowest BCUT2D eigenvalue weighted by atomic mass is 9.91. The van der Waals surface area contributed by atoms with Crippen molar-refractivity contribution in [3.05, 3.63) is 65.2 Å². The van der Waals surface area contributed by atoms with E-state index in [1.54, 1.807) is 11.8 Å². The van der Waals surface area contributed by atoms with Crippen LogP contribution >= 0.6 is 24.4 Å². The van der Waals surface area contributed by atoms with E-state index in [4.69, 9.17) is 4.74 Å². The first-order valence-corrected chi connectivity index (χ1v) is 10.9. The molecule has 3 nitrogen and oxygen atoms in total. The second-order valence-electron chi connectivity index (χ2n) is 7.28. The van der Waals surface area contributed by atoms with E-state index in [2.05, 4.69) is 53.9 Å². The first-order valence-electron chi connectivity index (χ1n) is 9.30. The van der Waals surface area contributed by atoms with Crippen LogP contribution in [0.4, 0.5) is 0 Å². The maximum absolute atomic E-state index is 13.0. The number of carbonyl (C=O) groups excluding carboxylic acids is 1. The van der Waals surface area contributed by atoms with Gasteiger partial charge in [-0.05, 0) is 37.1 Å². The maximum Gasteiger partial charge on any atom is 0.182 e. The zero-order valence-electron chi connectivity index (χ0n) is 16.0. The highest BCUT2D eigenvalue weighted by atomic mass is 32.2. The fourth-order valence-corrected chi connectivity index (χ4v) is 4.29. The van der Waals surface area contributed by atoms with E-state index in [0.29, 0.717) is 13.2 Å². The van der Waals surface area contributed by atoms with Crippen molar-refractivity contribution in [3.63, 3.8) is 0 Å². The molecule has 0 atom stereocenters. The summed E-state index contributed by atoms with van der Waals surface area (Å²) in [6.07, 6.45) is 0. The Morgan fingerprint density at radius 3 is 2.22 bits per heavy atom. The Bertz CT molecular complexity index is 751. The standard InChI is InChI=1S/C22H27NO2S2/c1-22(2,23-11-13-25-14-12-23)21(24)19-7-9-20(10-8-19)27-16-18-5-3-17(15-26)4-6-18/h3-10,26H,11-16H2,1-2H3. The lowest BCUT2D eigenvalue weighted by Gasteiger charge is -2.39. The molecule has 0 saturated carbocycles. The third kappa shape index (κ3) is 5.17. The molecule has 1 aliphatic heterocycles. The van der Waals surface area contributed by atoms with Crippen molar-refractivity contribution in [1.29, 1.82) is 0 Å². The third-order valence-corrected chi connectivity index (χ3v) is 6.53. The van der Waals surface area contributed by atoms with Crippen LogP contribution in [0.3, 0.4) is 0 Å². The first kappa shape index (κ1) is 20.5. The number of ketones is 1. The van der Waals surface area contributed by atoms with Crippen LogP contribution in [0, 0.1) is 0 Å². The van der Waals surface area contributed by atoms with E-state index in [1.807, 2.05) is 26.0 Å². The molecule has 1 heterocycles. The minimum Gasteiger partial charge on any atom is -0.379 e. The normalized spacial score (nSPS) is 15.7. The largest absolute Gasteiger partial charge is 0.379 e. The van der Waals surface area contributed by atoms with Gasteiger partial charge in [-0.1, -0.05) is 36.4 Å². The molecule has 0 bridgehead atoms. The van der Waals surface area contributed by atoms with E-state index in [9.17, 15) is 4.79 Å². The van der Waals surface area contributed by atoms with Gasteiger partial charge < -0.3 is 4.74 Å². The van der Waals surface area contributed by atoms with Crippen molar-refractivity contribution < 1.29 is 9.53 Å². The van der Waals surface area contributed by atoms with Crippen LogP contribution in [0.5, 0.6) is 0 Å². The Hall–Kier alpha value is -1.27. The molecule has 0 unspecified atom stereocenters. The molecule has 2 aromatic rings. The van der Waals surface area contributed by atoms with Gasteiger partial charge >= 0.3 is 0 Å². The summed E-state index contributed by atoms with van der Waals surface area (Å²) in [6, 6.07) is 16.6. The van der Waals surface area contributed by atoms with Crippen LogP contribution in [0.1, 0.15) is 35.3 Å². The summed E-state index contributed by atoms with van der Waals surface area (Å²) in [4.78, 5) is 16.4. The molecule has 0 N–H and O–H groups in total. The van der Waals surface area contributed by atoms with Gasteiger partial charge in [0.1, 0.15) is 0 Å². The topological polar surface area (TPSA) is 29.5 Å². The summed E-state index contributed by atoms with van der Waals surface area (Å²) in [6.45, 7) is 7.02.